The van der Waals surface area contributed by atoms with Crippen molar-refractivity contribution in [2.75, 3.05) is 5.32 Å². The molecule has 1 aromatic carbocycles. The molecule has 7 heteroatoms. The van der Waals surface area contributed by atoms with Crippen molar-refractivity contribution in [1.82, 2.24) is 5.32 Å². The van der Waals surface area contributed by atoms with E-state index in [1.165, 1.54) is 19.1 Å². The number of anilines is 1. The van der Waals surface area contributed by atoms with E-state index in [1.807, 2.05) is 0 Å². The van der Waals surface area contributed by atoms with Crippen molar-refractivity contribution in [2.45, 2.75) is 39.5 Å². The molecule has 0 aliphatic heterocycles. The third-order valence-electron chi connectivity index (χ3n) is 3.26. The summed E-state index contributed by atoms with van der Waals surface area (Å²) in [5, 5.41) is 13.9. The number of halogens is 1. The molecule has 0 radical (unpaired) electrons. The molecule has 2 atom stereocenters. The third kappa shape index (κ3) is 4.78. The van der Waals surface area contributed by atoms with Crippen molar-refractivity contribution in [2.24, 2.45) is 11.7 Å². The lowest BCUT2D eigenvalue weighted by atomic mass is 10.0. The highest BCUT2D eigenvalue weighted by molar-refractivity contribution is 5.97. The van der Waals surface area contributed by atoms with E-state index in [-0.39, 0.29) is 17.2 Å². The second kappa shape index (κ2) is 7.86. The van der Waals surface area contributed by atoms with Crippen molar-refractivity contribution in [3.05, 3.63) is 29.6 Å². The zero-order chi connectivity index (χ0) is 16.9. The molecule has 0 aliphatic rings. The second-order valence-corrected chi connectivity index (χ2v) is 5.45. The number of nitrogens with one attached hydrogen (secondary N) is 2. The topological polar surface area (TPSA) is 104 Å². The van der Waals surface area contributed by atoms with Gasteiger partial charge in [-0.1, -0.05) is 19.9 Å². The summed E-state index contributed by atoms with van der Waals surface area (Å²) in [6.07, 6.45) is 0. The van der Waals surface area contributed by atoms with Gasteiger partial charge in [0.25, 0.3) is 0 Å². The first-order valence-electron chi connectivity index (χ1n) is 7.02. The number of carbonyl (C=O) groups excluding carboxylic acids is 2. The van der Waals surface area contributed by atoms with Gasteiger partial charge in [0.2, 0.25) is 11.8 Å². The summed E-state index contributed by atoms with van der Waals surface area (Å²) < 4.78 is 13.5. The minimum atomic E-state index is -0.808. The van der Waals surface area contributed by atoms with E-state index < -0.39 is 36.3 Å². The molecule has 0 bridgehead atoms. The van der Waals surface area contributed by atoms with E-state index in [2.05, 4.69) is 10.6 Å². The maximum atomic E-state index is 13.5. The van der Waals surface area contributed by atoms with Crippen LogP contribution in [0.5, 0.6) is 0 Å². The largest absolute Gasteiger partial charge is 0.392 e. The molecule has 0 saturated heterocycles. The predicted molar refractivity (Wildman–Crippen MR) is 81.4 cm³/mol. The molecule has 0 unspecified atom stereocenters. The molecular formula is C15H22FN3O3. The Kier molecular flexibility index (Phi) is 6.45. The lowest BCUT2D eigenvalue weighted by Gasteiger charge is -2.19. The maximum Gasteiger partial charge on any atom is 0.246 e. The molecule has 1 rings (SSSR count). The van der Waals surface area contributed by atoms with Crippen molar-refractivity contribution >= 4 is 17.5 Å². The van der Waals surface area contributed by atoms with Crippen LogP contribution < -0.4 is 16.4 Å². The minimum absolute atomic E-state index is 0.0459. The SMILES string of the molecule is CC(C)[C@H](N)C(=O)N[C@@H](C)C(=O)Nc1ccc(CO)c(F)c1. The number of carbonyl (C=O) groups is 2. The summed E-state index contributed by atoms with van der Waals surface area (Å²) in [5.41, 5.74) is 6.08. The van der Waals surface area contributed by atoms with Crippen LogP contribution in [0.2, 0.25) is 0 Å². The van der Waals surface area contributed by atoms with Gasteiger partial charge in [0.05, 0.1) is 12.6 Å². The van der Waals surface area contributed by atoms with Crippen LogP contribution in [0.4, 0.5) is 10.1 Å². The van der Waals surface area contributed by atoms with Gasteiger partial charge >= 0.3 is 0 Å². The Bertz CT molecular complexity index is 549. The molecule has 122 valence electrons. The smallest absolute Gasteiger partial charge is 0.246 e. The van der Waals surface area contributed by atoms with Crippen molar-refractivity contribution in [1.29, 1.82) is 0 Å². The molecule has 0 aliphatic carbocycles. The van der Waals surface area contributed by atoms with Gasteiger partial charge in [0.1, 0.15) is 11.9 Å². The predicted octanol–water partition coefficient (Wildman–Crippen LogP) is 0.744. The molecule has 0 saturated carbocycles. The zero-order valence-corrected chi connectivity index (χ0v) is 12.9. The first-order valence-corrected chi connectivity index (χ1v) is 7.02. The first-order chi connectivity index (χ1) is 10.3. The summed E-state index contributed by atoms with van der Waals surface area (Å²) in [7, 11) is 0. The minimum Gasteiger partial charge on any atom is -0.392 e. The molecule has 22 heavy (non-hydrogen) atoms. The number of aliphatic hydroxyl groups is 1. The summed E-state index contributed by atoms with van der Waals surface area (Å²) in [4.78, 5) is 23.8. The third-order valence-corrected chi connectivity index (χ3v) is 3.26. The van der Waals surface area contributed by atoms with Gasteiger partial charge in [-0.25, -0.2) is 4.39 Å². The first kappa shape index (κ1) is 18.1. The average Bonchev–Trinajstić information content (AvgIpc) is 2.46. The zero-order valence-electron chi connectivity index (χ0n) is 12.9. The molecule has 0 fully saturated rings. The molecule has 0 aromatic heterocycles. The summed E-state index contributed by atoms with van der Waals surface area (Å²) >= 11 is 0. The van der Waals surface area contributed by atoms with Crippen LogP contribution in [-0.2, 0) is 16.2 Å². The fourth-order valence-electron chi connectivity index (χ4n) is 1.68. The molecule has 5 N–H and O–H groups in total. The lowest BCUT2D eigenvalue weighted by molar-refractivity contribution is -0.127. The van der Waals surface area contributed by atoms with Gasteiger partial charge in [-0.15, -0.1) is 0 Å². The van der Waals surface area contributed by atoms with Crippen LogP contribution >= 0.6 is 0 Å². The van der Waals surface area contributed by atoms with Crippen LogP contribution in [0, 0.1) is 11.7 Å². The van der Waals surface area contributed by atoms with Crippen LogP contribution in [0.15, 0.2) is 18.2 Å². The Morgan fingerprint density at radius 3 is 2.41 bits per heavy atom. The number of rotatable bonds is 6. The number of hydrogen-bond acceptors (Lipinski definition) is 4. The van der Waals surface area contributed by atoms with Gasteiger partial charge in [-0.05, 0) is 25.0 Å². The Morgan fingerprint density at radius 1 is 1.27 bits per heavy atom. The molecular weight excluding hydrogens is 289 g/mol. The number of amides is 2. The number of aliphatic hydroxyl groups excluding tert-OH is 1. The van der Waals surface area contributed by atoms with Crippen molar-refractivity contribution in [3.63, 3.8) is 0 Å². The number of nitrogens with two attached hydrogens (primary N) is 1. The van der Waals surface area contributed by atoms with Crippen LogP contribution in [0.3, 0.4) is 0 Å². The quantitative estimate of drug-likeness (QED) is 0.622. The normalized spacial score (nSPS) is 13.6. The highest BCUT2D eigenvalue weighted by atomic mass is 19.1. The van der Waals surface area contributed by atoms with E-state index in [9.17, 15) is 14.0 Å². The van der Waals surface area contributed by atoms with Gasteiger partial charge < -0.3 is 21.5 Å². The van der Waals surface area contributed by atoms with Gasteiger partial charge in [0, 0.05) is 11.3 Å². The Balaban J connectivity index is 2.64. The molecule has 2 amide bonds. The second-order valence-electron chi connectivity index (χ2n) is 5.45. The van der Waals surface area contributed by atoms with Gasteiger partial charge in [0.15, 0.2) is 0 Å². The molecule has 0 spiro atoms. The summed E-state index contributed by atoms with van der Waals surface area (Å²) in [6.45, 7) is 4.71. The van der Waals surface area contributed by atoms with Gasteiger partial charge in [-0.2, -0.15) is 0 Å². The van der Waals surface area contributed by atoms with Crippen molar-refractivity contribution < 1.29 is 19.1 Å². The fraction of sp³-hybridized carbons (Fsp3) is 0.467. The van der Waals surface area contributed by atoms with Gasteiger partial charge in [-0.3, -0.25) is 9.59 Å². The van der Waals surface area contributed by atoms with Crippen LogP contribution in [-0.4, -0.2) is 29.0 Å². The Labute approximate surface area is 128 Å². The van der Waals surface area contributed by atoms with E-state index in [4.69, 9.17) is 10.8 Å². The average molecular weight is 311 g/mol. The monoisotopic (exact) mass is 311 g/mol. The molecule has 1 aromatic rings. The number of benzene rings is 1. The Hall–Kier alpha value is -1.99. The van der Waals surface area contributed by atoms with Crippen LogP contribution in [0.1, 0.15) is 26.3 Å². The van der Waals surface area contributed by atoms with Crippen molar-refractivity contribution in [3.8, 4) is 0 Å². The van der Waals surface area contributed by atoms with Crippen LogP contribution in [0.25, 0.3) is 0 Å². The lowest BCUT2D eigenvalue weighted by Crippen LogP contribution is -2.50. The highest BCUT2D eigenvalue weighted by Crippen LogP contribution is 2.14. The van der Waals surface area contributed by atoms with E-state index in [0.29, 0.717) is 0 Å². The summed E-state index contributed by atoms with van der Waals surface area (Å²) in [5.74, 6) is -1.56. The Morgan fingerprint density at radius 2 is 1.91 bits per heavy atom. The van der Waals surface area contributed by atoms with E-state index >= 15 is 0 Å². The highest BCUT2D eigenvalue weighted by Gasteiger charge is 2.22. The molecule has 6 nitrogen and oxygen atoms in total. The van der Waals surface area contributed by atoms with E-state index in [0.717, 1.165) is 6.07 Å². The maximum absolute atomic E-state index is 13.5. The number of hydrogen-bond donors (Lipinski definition) is 4. The van der Waals surface area contributed by atoms with E-state index in [1.54, 1.807) is 13.8 Å². The fourth-order valence-corrected chi connectivity index (χ4v) is 1.68. The molecule has 0 heterocycles. The standard InChI is InChI=1S/C15H22FN3O3/c1-8(2)13(17)15(22)18-9(3)14(21)19-11-5-4-10(7-20)12(16)6-11/h4-6,8-9,13,20H,7,17H2,1-3H3,(H,18,22)(H,19,21)/t9-,13-/m0/s1. The summed E-state index contributed by atoms with van der Waals surface area (Å²) in [6, 6.07) is 2.45.